The molecule has 0 saturated heterocycles. The predicted octanol–water partition coefficient (Wildman–Crippen LogP) is 12.1. The molecule has 2 rings (SSSR count). The van der Waals surface area contributed by atoms with Gasteiger partial charge < -0.3 is 4.90 Å². The van der Waals surface area contributed by atoms with E-state index in [9.17, 15) is 19.2 Å². The third-order valence-corrected chi connectivity index (χ3v) is 8.47. The van der Waals surface area contributed by atoms with Crippen molar-refractivity contribution in [1.82, 2.24) is 4.90 Å². The molecule has 2 aliphatic carbocycles. The van der Waals surface area contributed by atoms with Gasteiger partial charge in [-0.2, -0.15) is 0 Å². The maximum atomic E-state index is 11.6. The van der Waals surface area contributed by atoms with Gasteiger partial charge in [-0.15, -0.1) is 0 Å². The smallest absolute Gasteiger partial charge is 0.222 e. The summed E-state index contributed by atoms with van der Waals surface area (Å²) in [7, 11) is 1.87. The lowest BCUT2D eigenvalue weighted by Crippen LogP contribution is -2.29. The molecule has 0 saturated carbocycles. The zero-order valence-corrected chi connectivity index (χ0v) is 34.5. The molecular weight excluding hydrogens is 594 g/mol. The van der Waals surface area contributed by atoms with Crippen molar-refractivity contribution in [2.24, 2.45) is 21.7 Å². The normalized spacial score (nSPS) is 14.4. The first-order valence-corrected chi connectivity index (χ1v) is 19.0. The van der Waals surface area contributed by atoms with Crippen LogP contribution in [0.3, 0.4) is 0 Å². The standard InChI is InChI=1S/C12H20O.C11H18O.C10H21NO.C10H20O/c1-12(2,3)9-8-11(13)10-6-4-5-7-10;1-11(2,3)8-7-10(12)9-5-4-6-9;1-6-9(12)11(5)8-7-10(2,3)4;1-5-9(11)7-6-8-10(2,3)4/h6H,4-5,7-9H2,1-3H3;5H,4,6-8H2,1-3H3;6-8H2,1-5H3;5-8H2,1-4H3. The Hall–Kier alpha value is -2.04. The molecule has 280 valence electrons. The summed E-state index contributed by atoms with van der Waals surface area (Å²) in [5, 5.41) is 0. The Morgan fingerprint density at radius 2 is 1.02 bits per heavy atom. The topological polar surface area (TPSA) is 71.5 Å². The van der Waals surface area contributed by atoms with Crippen molar-refractivity contribution in [3.63, 3.8) is 0 Å². The average Bonchev–Trinajstić information content (AvgIpc) is 3.46. The summed E-state index contributed by atoms with van der Waals surface area (Å²) in [5.74, 6) is 1.39. The molecule has 0 aliphatic heterocycles. The minimum atomic E-state index is 0.235. The van der Waals surface area contributed by atoms with Crippen molar-refractivity contribution in [3.8, 4) is 0 Å². The van der Waals surface area contributed by atoms with Crippen molar-refractivity contribution in [2.45, 2.75) is 193 Å². The Kier molecular flexibility index (Phi) is 23.4. The van der Waals surface area contributed by atoms with E-state index in [-0.39, 0.29) is 11.3 Å². The molecule has 48 heavy (non-hydrogen) atoms. The highest BCUT2D eigenvalue weighted by molar-refractivity contribution is 5.96. The van der Waals surface area contributed by atoms with Crippen molar-refractivity contribution < 1.29 is 19.2 Å². The van der Waals surface area contributed by atoms with E-state index < -0.39 is 0 Å². The first kappa shape index (κ1) is 48.1. The zero-order chi connectivity index (χ0) is 37.8. The van der Waals surface area contributed by atoms with Crippen LogP contribution in [0.2, 0.25) is 0 Å². The molecule has 0 N–H and O–H groups in total. The summed E-state index contributed by atoms with van der Waals surface area (Å²) in [6.45, 7) is 31.0. The first-order valence-electron chi connectivity index (χ1n) is 19.0. The van der Waals surface area contributed by atoms with E-state index >= 15 is 0 Å². The van der Waals surface area contributed by atoms with Gasteiger partial charge in [0.15, 0.2) is 11.6 Å². The fraction of sp³-hybridized carbons (Fsp3) is 0.814. The number of hydrogen-bond acceptors (Lipinski definition) is 4. The predicted molar refractivity (Wildman–Crippen MR) is 207 cm³/mol. The number of carbonyl (C=O) groups is 4. The number of allylic oxidation sites excluding steroid dienone is 4. The molecule has 0 radical (unpaired) electrons. The molecule has 0 spiro atoms. The van der Waals surface area contributed by atoms with Crippen molar-refractivity contribution in [1.29, 1.82) is 0 Å². The Morgan fingerprint density at radius 1 is 0.583 bits per heavy atom. The van der Waals surface area contributed by atoms with Gasteiger partial charge in [-0.05, 0) is 97.0 Å². The Morgan fingerprint density at radius 3 is 1.33 bits per heavy atom. The van der Waals surface area contributed by atoms with Crippen LogP contribution in [0.25, 0.3) is 0 Å². The molecule has 0 fully saturated rings. The molecule has 0 atom stereocenters. The fourth-order valence-electron chi connectivity index (χ4n) is 4.65. The number of hydrogen-bond donors (Lipinski definition) is 0. The lowest BCUT2D eigenvalue weighted by atomic mass is 9.86. The minimum Gasteiger partial charge on any atom is -0.346 e. The van der Waals surface area contributed by atoms with E-state index in [1.807, 2.05) is 25.8 Å². The van der Waals surface area contributed by atoms with Gasteiger partial charge in [0.1, 0.15) is 5.78 Å². The van der Waals surface area contributed by atoms with Crippen LogP contribution in [0.5, 0.6) is 0 Å². The second-order valence-corrected chi connectivity index (χ2v) is 18.6. The third kappa shape index (κ3) is 30.1. The summed E-state index contributed by atoms with van der Waals surface area (Å²) in [4.78, 5) is 46.9. The fourth-order valence-corrected chi connectivity index (χ4v) is 4.65. The van der Waals surface area contributed by atoms with E-state index in [0.717, 1.165) is 94.7 Å². The molecule has 2 aliphatic rings. The average molecular weight is 674 g/mol. The SMILES string of the molecule is CC(C)(C)CCC(=O)C1=CCC1.CC(C)(C)CCC(=O)C1=CCCC1.CCC(=O)CCCC(C)(C)C.CCC(=O)N(C)CCC(C)(C)C. The molecule has 0 unspecified atom stereocenters. The van der Waals surface area contributed by atoms with Crippen LogP contribution in [0.1, 0.15) is 193 Å². The Balaban J connectivity index is 0. The molecule has 0 aromatic rings. The van der Waals surface area contributed by atoms with Gasteiger partial charge >= 0.3 is 0 Å². The number of nitrogens with zero attached hydrogens (tertiary/aromatic N) is 1. The quantitative estimate of drug-likeness (QED) is 0.195. The highest BCUT2D eigenvalue weighted by Crippen LogP contribution is 2.27. The van der Waals surface area contributed by atoms with Gasteiger partial charge in [0.25, 0.3) is 0 Å². The molecule has 0 bridgehead atoms. The first-order chi connectivity index (χ1) is 21.8. The summed E-state index contributed by atoms with van der Waals surface area (Å²) in [6, 6.07) is 0. The Labute approximate surface area is 298 Å². The van der Waals surface area contributed by atoms with Crippen molar-refractivity contribution >= 4 is 23.3 Å². The summed E-state index contributed by atoms with van der Waals surface area (Å²) < 4.78 is 0. The van der Waals surface area contributed by atoms with Crippen molar-refractivity contribution in [2.75, 3.05) is 13.6 Å². The van der Waals surface area contributed by atoms with Gasteiger partial charge in [-0.1, -0.05) is 109 Å². The van der Waals surface area contributed by atoms with Crippen LogP contribution in [-0.2, 0) is 19.2 Å². The van der Waals surface area contributed by atoms with Gasteiger partial charge in [0.05, 0.1) is 0 Å². The number of rotatable bonds is 13. The van der Waals surface area contributed by atoms with E-state index in [0.29, 0.717) is 46.4 Å². The van der Waals surface area contributed by atoms with Gasteiger partial charge in [-0.3, -0.25) is 19.2 Å². The second kappa shape index (κ2) is 23.4. The minimum absolute atomic E-state index is 0.235. The number of ketones is 3. The monoisotopic (exact) mass is 674 g/mol. The molecular formula is C43H79NO4. The van der Waals surface area contributed by atoms with E-state index in [2.05, 4.69) is 95.2 Å². The number of amides is 1. The van der Waals surface area contributed by atoms with Crippen LogP contribution in [0.15, 0.2) is 23.3 Å². The van der Waals surface area contributed by atoms with E-state index in [1.165, 1.54) is 6.42 Å². The number of Topliss-reactive ketones (excluding diaryl/α,β-unsaturated/α-hetero) is 3. The largest absolute Gasteiger partial charge is 0.346 e. The molecule has 0 heterocycles. The molecule has 5 nitrogen and oxygen atoms in total. The van der Waals surface area contributed by atoms with Crippen LogP contribution in [0, 0.1) is 21.7 Å². The molecule has 1 amide bonds. The maximum Gasteiger partial charge on any atom is 0.222 e. The zero-order valence-electron chi connectivity index (χ0n) is 34.5. The molecule has 5 heteroatoms. The van der Waals surface area contributed by atoms with Crippen LogP contribution >= 0.6 is 0 Å². The highest BCUT2D eigenvalue weighted by Gasteiger charge is 2.19. The Bertz CT molecular complexity index is 1020. The van der Waals surface area contributed by atoms with E-state index in [1.54, 1.807) is 0 Å². The van der Waals surface area contributed by atoms with Gasteiger partial charge in [0.2, 0.25) is 5.91 Å². The van der Waals surface area contributed by atoms with Crippen molar-refractivity contribution in [3.05, 3.63) is 23.3 Å². The summed E-state index contributed by atoms with van der Waals surface area (Å²) >= 11 is 0. The third-order valence-electron chi connectivity index (χ3n) is 8.47. The summed E-state index contributed by atoms with van der Waals surface area (Å²) in [6.07, 6.45) is 18.4. The van der Waals surface area contributed by atoms with Gasteiger partial charge in [-0.25, -0.2) is 0 Å². The lowest BCUT2D eigenvalue weighted by Gasteiger charge is -2.23. The van der Waals surface area contributed by atoms with Crippen LogP contribution in [-0.4, -0.2) is 41.7 Å². The number of carbonyl (C=O) groups excluding carboxylic acids is 4. The van der Waals surface area contributed by atoms with Crippen LogP contribution in [0.4, 0.5) is 0 Å². The van der Waals surface area contributed by atoms with Crippen LogP contribution < -0.4 is 0 Å². The second-order valence-electron chi connectivity index (χ2n) is 18.6. The lowest BCUT2D eigenvalue weighted by molar-refractivity contribution is -0.129. The molecule has 0 aromatic carbocycles. The highest BCUT2D eigenvalue weighted by atomic mass is 16.2. The summed E-state index contributed by atoms with van der Waals surface area (Å²) in [5.41, 5.74) is 3.44. The van der Waals surface area contributed by atoms with Gasteiger partial charge in [0, 0.05) is 45.7 Å². The van der Waals surface area contributed by atoms with E-state index in [4.69, 9.17) is 0 Å². The molecule has 0 aromatic heterocycles. The maximum absolute atomic E-state index is 11.6.